The third-order valence-corrected chi connectivity index (χ3v) is 8.83. The van der Waals surface area contributed by atoms with Crippen molar-refractivity contribution in [3.05, 3.63) is 0 Å². The van der Waals surface area contributed by atoms with Crippen molar-refractivity contribution < 1.29 is 16.8 Å². The largest absolute Gasteiger partial charge is 0.314 e. The molecule has 0 saturated carbocycles. The zero-order chi connectivity index (χ0) is 15.0. The van der Waals surface area contributed by atoms with Crippen molar-refractivity contribution in [1.82, 2.24) is 9.62 Å². The molecule has 6 nitrogen and oxygen atoms in total. The second-order valence-corrected chi connectivity index (χ2v) is 10.6. The van der Waals surface area contributed by atoms with Crippen LogP contribution in [-0.2, 0) is 19.9 Å². The third kappa shape index (κ3) is 3.35. The molecule has 0 spiro atoms. The number of piperidine rings is 1. The molecule has 0 unspecified atom stereocenters. The highest BCUT2D eigenvalue weighted by Crippen LogP contribution is 2.28. The van der Waals surface area contributed by atoms with Gasteiger partial charge in [0.1, 0.15) is 9.84 Å². The van der Waals surface area contributed by atoms with Crippen LogP contribution in [0, 0.1) is 0 Å². The predicted molar refractivity (Wildman–Crippen MR) is 78.9 cm³/mol. The molecule has 2 fully saturated rings. The summed E-state index contributed by atoms with van der Waals surface area (Å²) < 4.78 is 49.5. The van der Waals surface area contributed by atoms with Crippen molar-refractivity contribution in [2.24, 2.45) is 0 Å². The quantitative estimate of drug-likeness (QED) is 0.788. The Bertz CT molecular complexity index is 534. The molecule has 2 rings (SSSR count). The maximum Gasteiger partial charge on any atom is 0.217 e. The molecule has 0 amide bonds. The topological polar surface area (TPSA) is 83.6 Å². The summed E-state index contributed by atoms with van der Waals surface area (Å²) >= 11 is 0. The van der Waals surface area contributed by atoms with Gasteiger partial charge in [-0.05, 0) is 39.7 Å². The fourth-order valence-corrected chi connectivity index (χ4v) is 6.60. The second kappa shape index (κ2) is 5.55. The van der Waals surface area contributed by atoms with E-state index in [9.17, 15) is 16.8 Å². The molecule has 2 saturated heterocycles. The molecular formula is C12H24N2O4S2. The van der Waals surface area contributed by atoms with Crippen molar-refractivity contribution in [2.75, 3.05) is 31.6 Å². The average Bonchev–Trinajstić information content (AvgIpc) is 2.39. The number of sulfone groups is 1. The molecular weight excluding hydrogens is 300 g/mol. The molecule has 118 valence electrons. The van der Waals surface area contributed by atoms with E-state index in [1.165, 1.54) is 0 Å². The summed E-state index contributed by atoms with van der Waals surface area (Å²) in [4.78, 5) is 0. The van der Waals surface area contributed by atoms with Crippen LogP contribution in [0.15, 0.2) is 0 Å². The van der Waals surface area contributed by atoms with Crippen molar-refractivity contribution in [2.45, 2.75) is 43.4 Å². The van der Waals surface area contributed by atoms with Gasteiger partial charge in [0.05, 0.1) is 16.8 Å². The van der Waals surface area contributed by atoms with Crippen molar-refractivity contribution in [1.29, 1.82) is 0 Å². The van der Waals surface area contributed by atoms with Crippen LogP contribution >= 0.6 is 0 Å². The predicted octanol–water partition coefficient (Wildman–Crippen LogP) is -0.0327. The van der Waals surface area contributed by atoms with E-state index >= 15 is 0 Å². The average molecular weight is 324 g/mol. The Morgan fingerprint density at radius 3 is 2.10 bits per heavy atom. The molecule has 0 aromatic heterocycles. The Balaban J connectivity index is 2.02. The molecule has 1 N–H and O–H groups in total. The van der Waals surface area contributed by atoms with Crippen molar-refractivity contribution in [3.63, 3.8) is 0 Å². The summed E-state index contributed by atoms with van der Waals surface area (Å²) in [5.74, 6) is -0.00205. The van der Waals surface area contributed by atoms with Gasteiger partial charge in [-0.25, -0.2) is 21.1 Å². The van der Waals surface area contributed by atoms with Crippen molar-refractivity contribution >= 4 is 19.9 Å². The van der Waals surface area contributed by atoms with Gasteiger partial charge in [-0.1, -0.05) is 0 Å². The maximum absolute atomic E-state index is 12.6. The maximum atomic E-state index is 12.6. The fourth-order valence-electron chi connectivity index (χ4n) is 2.86. The van der Waals surface area contributed by atoms with Gasteiger partial charge >= 0.3 is 0 Å². The Labute approximate surface area is 121 Å². The zero-order valence-corrected chi connectivity index (χ0v) is 13.8. The molecule has 0 aromatic rings. The van der Waals surface area contributed by atoms with E-state index in [2.05, 4.69) is 12.2 Å². The molecule has 0 aromatic carbocycles. The van der Waals surface area contributed by atoms with Crippen LogP contribution in [0.4, 0.5) is 0 Å². The van der Waals surface area contributed by atoms with E-state index in [4.69, 9.17) is 0 Å². The summed E-state index contributed by atoms with van der Waals surface area (Å²) in [5, 5.41) is 2.72. The zero-order valence-electron chi connectivity index (χ0n) is 12.1. The van der Waals surface area contributed by atoms with Gasteiger partial charge in [-0.3, -0.25) is 0 Å². The van der Waals surface area contributed by atoms with Crippen LogP contribution in [-0.4, -0.2) is 63.6 Å². The van der Waals surface area contributed by atoms with E-state index in [1.54, 1.807) is 4.31 Å². The van der Waals surface area contributed by atoms with E-state index in [0.717, 1.165) is 12.8 Å². The summed E-state index contributed by atoms with van der Waals surface area (Å²) in [6, 6.07) is 0. The number of hydrogen-bond donors (Lipinski definition) is 1. The molecule has 2 aliphatic rings. The molecule has 0 atom stereocenters. The summed E-state index contributed by atoms with van der Waals surface area (Å²) in [6.45, 7) is 3.13. The van der Waals surface area contributed by atoms with Gasteiger partial charge in [-0.2, -0.15) is 0 Å². The highest BCUT2D eigenvalue weighted by molar-refractivity contribution is 7.92. The van der Waals surface area contributed by atoms with Gasteiger partial charge in [0.2, 0.25) is 10.0 Å². The third-order valence-electron chi connectivity index (χ3n) is 4.71. The van der Waals surface area contributed by atoms with Crippen LogP contribution < -0.4 is 5.32 Å². The lowest BCUT2D eigenvalue weighted by atomic mass is 9.91. The highest BCUT2D eigenvalue weighted by Gasteiger charge is 2.39. The van der Waals surface area contributed by atoms with Crippen molar-refractivity contribution in [3.8, 4) is 0 Å². The SMILES string of the molecule is CNC1(C)CCN(S(=O)(=O)C2CCS(=O)(=O)CC2)CC1. The van der Waals surface area contributed by atoms with Crippen LogP contribution in [0.25, 0.3) is 0 Å². The number of rotatable bonds is 3. The minimum absolute atomic E-state index is 0.00102. The van der Waals surface area contributed by atoms with Gasteiger partial charge in [-0.15, -0.1) is 0 Å². The molecule has 8 heteroatoms. The first-order valence-electron chi connectivity index (χ1n) is 7.07. The summed E-state index contributed by atoms with van der Waals surface area (Å²) in [5.41, 5.74) is 0.00191. The Morgan fingerprint density at radius 2 is 1.65 bits per heavy atom. The van der Waals surface area contributed by atoms with E-state index in [-0.39, 0.29) is 29.9 Å². The molecule has 2 heterocycles. The molecule has 2 aliphatic heterocycles. The van der Waals surface area contributed by atoms with Crippen LogP contribution in [0.2, 0.25) is 0 Å². The molecule has 0 aliphatic carbocycles. The van der Waals surface area contributed by atoms with E-state index in [1.807, 2.05) is 7.05 Å². The minimum atomic E-state index is -3.35. The van der Waals surface area contributed by atoms with Gasteiger partial charge in [0.15, 0.2) is 0 Å². The molecule has 20 heavy (non-hydrogen) atoms. The minimum Gasteiger partial charge on any atom is -0.314 e. The summed E-state index contributed by atoms with van der Waals surface area (Å²) in [7, 11) is -4.48. The lowest BCUT2D eigenvalue weighted by Gasteiger charge is -2.40. The monoisotopic (exact) mass is 324 g/mol. The standard InChI is InChI=1S/C12H24N2O4S2/c1-12(13-2)5-7-14(8-6-12)20(17,18)11-3-9-19(15,16)10-4-11/h11,13H,3-10H2,1-2H3. The Hall–Kier alpha value is -0.180. The smallest absolute Gasteiger partial charge is 0.217 e. The van der Waals surface area contributed by atoms with Crippen LogP contribution in [0.3, 0.4) is 0 Å². The number of sulfonamides is 1. The Morgan fingerprint density at radius 1 is 1.15 bits per heavy atom. The molecule has 0 radical (unpaired) electrons. The first kappa shape index (κ1) is 16.2. The Kier molecular flexibility index (Phi) is 4.49. The lowest BCUT2D eigenvalue weighted by Crippen LogP contribution is -2.53. The first-order valence-corrected chi connectivity index (χ1v) is 10.4. The lowest BCUT2D eigenvalue weighted by molar-refractivity contribution is 0.218. The van der Waals surface area contributed by atoms with Crippen LogP contribution in [0.5, 0.6) is 0 Å². The van der Waals surface area contributed by atoms with Gasteiger partial charge in [0.25, 0.3) is 0 Å². The number of nitrogens with zero attached hydrogens (tertiary/aromatic N) is 1. The number of nitrogens with one attached hydrogen (secondary N) is 1. The van der Waals surface area contributed by atoms with E-state index in [0.29, 0.717) is 13.1 Å². The fraction of sp³-hybridized carbons (Fsp3) is 1.00. The van der Waals surface area contributed by atoms with E-state index < -0.39 is 25.1 Å². The molecule has 0 bridgehead atoms. The van der Waals surface area contributed by atoms with Gasteiger partial charge < -0.3 is 5.32 Å². The highest BCUT2D eigenvalue weighted by atomic mass is 32.2. The van der Waals surface area contributed by atoms with Crippen LogP contribution in [0.1, 0.15) is 32.6 Å². The second-order valence-electron chi connectivity index (χ2n) is 6.11. The first-order chi connectivity index (χ1) is 9.19. The number of hydrogen-bond acceptors (Lipinski definition) is 5. The summed E-state index contributed by atoms with van der Waals surface area (Å²) in [6.07, 6.45) is 2.05. The van der Waals surface area contributed by atoms with Gasteiger partial charge in [0, 0.05) is 18.6 Å². The normalized spacial score (nSPS) is 28.3.